The van der Waals surface area contributed by atoms with Gasteiger partial charge < -0.3 is 4.74 Å². The van der Waals surface area contributed by atoms with E-state index < -0.39 is 0 Å². The molecule has 0 unspecified atom stereocenters. The molecule has 1 aliphatic heterocycles. The van der Waals surface area contributed by atoms with Crippen LogP contribution in [0.3, 0.4) is 0 Å². The van der Waals surface area contributed by atoms with E-state index in [1.807, 2.05) is 0 Å². The van der Waals surface area contributed by atoms with E-state index >= 15 is 0 Å². The Morgan fingerprint density at radius 1 is 1.44 bits per heavy atom. The minimum atomic E-state index is 0.406. The van der Waals surface area contributed by atoms with Gasteiger partial charge in [-0.05, 0) is 20.9 Å². The lowest BCUT2D eigenvalue weighted by atomic mass is 10.1. The maximum Gasteiger partial charge on any atom is 0.0699 e. The van der Waals surface area contributed by atoms with Crippen molar-refractivity contribution >= 4 is 0 Å². The van der Waals surface area contributed by atoms with Crippen molar-refractivity contribution in [2.24, 2.45) is 0 Å². The first-order valence-corrected chi connectivity index (χ1v) is 3.53. The molecule has 0 saturated carbocycles. The van der Waals surface area contributed by atoms with Gasteiger partial charge in [0.05, 0.1) is 12.7 Å². The summed E-state index contributed by atoms with van der Waals surface area (Å²) in [6, 6.07) is 0.582. The summed E-state index contributed by atoms with van der Waals surface area (Å²) in [6.45, 7) is 6.29. The lowest BCUT2D eigenvalue weighted by molar-refractivity contribution is -0.0448. The monoisotopic (exact) mass is 129 g/mol. The minimum Gasteiger partial charge on any atom is -0.376 e. The highest BCUT2D eigenvalue weighted by molar-refractivity contribution is 4.73. The van der Waals surface area contributed by atoms with E-state index in [2.05, 4.69) is 25.8 Å². The van der Waals surface area contributed by atoms with E-state index in [-0.39, 0.29) is 0 Å². The second kappa shape index (κ2) is 2.67. The van der Waals surface area contributed by atoms with Crippen molar-refractivity contribution in [1.29, 1.82) is 0 Å². The van der Waals surface area contributed by atoms with Crippen molar-refractivity contribution in [2.45, 2.75) is 26.0 Å². The molecule has 0 aliphatic carbocycles. The molecule has 9 heavy (non-hydrogen) atoms. The quantitative estimate of drug-likeness (QED) is 0.478. The maximum absolute atomic E-state index is 5.42. The van der Waals surface area contributed by atoms with E-state index in [0.29, 0.717) is 12.1 Å². The average molecular weight is 129 g/mol. The molecule has 1 saturated heterocycles. The van der Waals surface area contributed by atoms with Crippen LogP contribution < -0.4 is 0 Å². The van der Waals surface area contributed by atoms with Gasteiger partial charge in [0.25, 0.3) is 0 Å². The average Bonchev–Trinajstić information content (AvgIpc) is 1.83. The van der Waals surface area contributed by atoms with Crippen LogP contribution in [0.2, 0.25) is 0 Å². The van der Waals surface area contributed by atoms with Gasteiger partial charge in [0.15, 0.2) is 0 Å². The first kappa shape index (κ1) is 7.03. The Balaban J connectivity index is 2.41. The van der Waals surface area contributed by atoms with Crippen molar-refractivity contribution in [1.82, 2.24) is 4.90 Å². The summed E-state index contributed by atoms with van der Waals surface area (Å²) >= 11 is 0. The summed E-state index contributed by atoms with van der Waals surface area (Å²) in [6.07, 6.45) is 0.406. The molecule has 54 valence electrons. The summed E-state index contributed by atoms with van der Waals surface area (Å²) < 4.78 is 5.42. The van der Waals surface area contributed by atoms with Crippen LogP contribution in [0.5, 0.6) is 0 Å². The van der Waals surface area contributed by atoms with E-state index in [4.69, 9.17) is 4.74 Å². The van der Waals surface area contributed by atoms with Crippen molar-refractivity contribution in [3.05, 3.63) is 0 Å². The maximum atomic E-state index is 5.42. The standard InChI is InChI=1S/C7H15NO/c1-6-7(2)9-5-4-8(6)3/h6-7H,4-5H2,1-3H3/t6-,7+/m0/s1. The number of morpholine rings is 1. The Morgan fingerprint density at radius 3 is 2.56 bits per heavy atom. The first-order chi connectivity index (χ1) is 4.22. The number of hydrogen-bond acceptors (Lipinski definition) is 2. The summed E-state index contributed by atoms with van der Waals surface area (Å²) in [7, 11) is 2.14. The second-order valence-corrected chi connectivity index (χ2v) is 2.80. The fourth-order valence-corrected chi connectivity index (χ4v) is 1.08. The van der Waals surface area contributed by atoms with Crippen LogP contribution in [-0.2, 0) is 4.74 Å². The Hall–Kier alpha value is -0.0800. The molecule has 2 heteroatoms. The molecular weight excluding hydrogens is 114 g/mol. The Bertz CT molecular complexity index is 84.9. The van der Waals surface area contributed by atoms with Gasteiger partial charge >= 0.3 is 0 Å². The number of ether oxygens (including phenoxy) is 1. The molecule has 0 aromatic carbocycles. The normalized spacial score (nSPS) is 39.0. The van der Waals surface area contributed by atoms with E-state index in [0.717, 1.165) is 13.2 Å². The van der Waals surface area contributed by atoms with Gasteiger partial charge in [0.1, 0.15) is 0 Å². The van der Waals surface area contributed by atoms with E-state index in [1.165, 1.54) is 0 Å². The SMILES string of the molecule is C[C@H]1OCCN(C)[C@H]1C. The number of rotatable bonds is 0. The van der Waals surface area contributed by atoms with E-state index in [9.17, 15) is 0 Å². The second-order valence-electron chi connectivity index (χ2n) is 2.80. The van der Waals surface area contributed by atoms with Gasteiger partial charge in [-0.2, -0.15) is 0 Å². The minimum absolute atomic E-state index is 0.406. The molecule has 0 bridgehead atoms. The van der Waals surface area contributed by atoms with Crippen molar-refractivity contribution < 1.29 is 4.74 Å². The van der Waals surface area contributed by atoms with Crippen LogP contribution in [0, 0.1) is 0 Å². The Labute approximate surface area is 56.8 Å². The van der Waals surface area contributed by atoms with Gasteiger partial charge in [-0.15, -0.1) is 0 Å². The molecule has 0 radical (unpaired) electrons. The lowest BCUT2D eigenvalue weighted by Gasteiger charge is -2.34. The summed E-state index contributed by atoms with van der Waals surface area (Å²) in [4.78, 5) is 2.33. The molecule has 0 aromatic heterocycles. The third-order valence-electron chi connectivity index (χ3n) is 2.20. The molecule has 0 amide bonds. The van der Waals surface area contributed by atoms with E-state index in [1.54, 1.807) is 0 Å². The number of hydrogen-bond donors (Lipinski definition) is 0. The number of nitrogens with zero attached hydrogens (tertiary/aromatic N) is 1. The topological polar surface area (TPSA) is 12.5 Å². The van der Waals surface area contributed by atoms with Crippen LogP contribution in [0.4, 0.5) is 0 Å². The summed E-state index contributed by atoms with van der Waals surface area (Å²) in [5.74, 6) is 0. The molecule has 0 N–H and O–H groups in total. The fourth-order valence-electron chi connectivity index (χ4n) is 1.08. The molecule has 1 fully saturated rings. The highest BCUT2D eigenvalue weighted by Gasteiger charge is 2.21. The highest BCUT2D eigenvalue weighted by Crippen LogP contribution is 2.09. The zero-order valence-corrected chi connectivity index (χ0v) is 6.42. The van der Waals surface area contributed by atoms with Crippen LogP contribution in [-0.4, -0.2) is 37.2 Å². The van der Waals surface area contributed by atoms with Crippen molar-refractivity contribution in [3.63, 3.8) is 0 Å². The molecule has 0 spiro atoms. The van der Waals surface area contributed by atoms with Crippen LogP contribution in [0.1, 0.15) is 13.8 Å². The van der Waals surface area contributed by atoms with Crippen molar-refractivity contribution in [3.8, 4) is 0 Å². The summed E-state index contributed by atoms with van der Waals surface area (Å²) in [5.41, 5.74) is 0. The largest absolute Gasteiger partial charge is 0.376 e. The van der Waals surface area contributed by atoms with Gasteiger partial charge in [-0.1, -0.05) is 0 Å². The molecule has 1 heterocycles. The predicted octanol–water partition coefficient (Wildman–Crippen LogP) is 0.725. The smallest absolute Gasteiger partial charge is 0.0699 e. The van der Waals surface area contributed by atoms with Gasteiger partial charge in [-0.3, -0.25) is 4.90 Å². The first-order valence-electron chi connectivity index (χ1n) is 3.53. The van der Waals surface area contributed by atoms with Crippen LogP contribution in [0.15, 0.2) is 0 Å². The molecular formula is C7H15NO. The van der Waals surface area contributed by atoms with Gasteiger partial charge in [0, 0.05) is 12.6 Å². The molecule has 1 aliphatic rings. The van der Waals surface area contributed by atoms with Crippen LogP contribution in [0.25, 0.3) is 0 Å². The Morgan fingerprint density at radius 2 is 2.11 bits per heavy atom. The lowest BCUT2D eigenvalue weighted by Crippen LogP contribution is -2.45. The Kier molecular flexibility index (Phi) is 2.09. The summed E-state index contributed by atoms with van der Waals surface area (Å²) in [5, 5.41) is 0. The third kappa shape index (κ3) is 1.43. The fraction of sp³-hybridized carbons (Fsp3) is 1.00. The zero-order chi connectivity index (χ0) is 6.85. The molecule has 2 atom stereocenters. The van der Waals surface area contributed by atoms with Crippen molar-refractivity contribution in [2.75, 3.05) is 20.2 Å². The molecule has 0 aromatic rings. The van der Waals surface area contributed by atoms with Gasteiger partial charge in [-0.25, -0.2) is 0 Å². The zero-order valence-electron chi connectivity index (χ0n) is 6.42. The third-order valence-corrected chi connectivity index (χ3v) is 2.20. The number of likely N-dealkylation sites (N-methyl/N-ethyl adjacent to an activating group) is 1. The molecule has 1 rings (SSSR count). The van der Waals surface area contributed by atoms with Gasteiger partial charge in [0.2, 0.25) is 0 Å². The highest BCUT2D eigenvalue weighted by atomic mass is 16.5. The molecule has 2 nitrogen and oxygen atoms in total. The predicted molar refractivity (Wildman–Crippen MR) is 37.5 cm³/mol. The van der Waals surface area contributed by atoms with Crippen LogP contribution >= 0.6 is 0 Å².